The molecule has 2 aromatic heterocycles. The van der Waals surface area contributed by atoms with E-state index in [1.807, 2.05) is 4.90 Å². The van der Waals surface area contributed by atoms with Crippen LogP contribution in [0.2, 0.25) is 0 Å². The Morgan fingerprint density at radius 3 is 2.36 bits per heavy atom. The number of urea groups is 1. The number of carbonyl (C=O) groups is 1. The van der Waals surface area contributed by atoms with Crippen LogP contribution >= 0.6 is 0 Å². The largest absolute Gasteiger partial charge is 0.494 e. The number of benzene rings is 3. The van der Waals surface area contributed by atoms with Crippen molar-refractivity contribution in [2.24, 2.45) is 0 Å². The van der Waals surface area contributed by atoms with Gasteiger partial charge in [-0.25, -0.2) is 33.1 Å². The summed E-state index contributed by atoms with van der Waals surface area (Å²) < 4.78 is 39.2. The zero-order chi connectivity index (χ0) is 32.4. The van der Waals surface area contributed by atoms with E-state index in [-0.39, 0.29) is 41.1 Å². The van der Waals surface area contributed by atoms with Gasteiger partial charge in [0, 0.05) is 17.8 Å². The second-order valence-electron chi connectivity index (χ2n) is 10.4. The number of nitrogens with zero attached hydrogens (tertiary/aromatic N) is 5. The number of hydrogen-bond donors (Lipinski definition) is 2. The number of ether oxygens (including phenoxy) is 1. The van der Waals surface area contributed by atoms with Crippen molar-refractivity contribution >= 4 is 22.8 Å². The summed E-state index contributed by atoms with van der Waals surface area (Å²) in [6, 6.07) is 14.7. The summed E-state index contributed by atoms with van der Waals surface area (Å²) in [7, 11) is 6.17. The summed E-state index contributed by atoms with van der Waals surface area (Å²) in [5.41, 5.74) is 2.25. The van der Waals surface area contributed by atoms with Crippen molar-refractivity contribution in [3.05, 3.63) is 110 Å². The van der Waals surface area contributed by atoms with Crippen LogP contribution in [-0.4, -0.2) is 58.2 Å². The molecule has 0 aliphatic rings. The average Bonchev–Trinajstić information content (AvgIpc) is 3.36. The molecular weight excluding hydrogens is 588 g/mol. The number of amides is 2. The number of methoxy groups -OCH3 is 1. The molecule has 234 valence electrons. The summed E-state index contributed by atoms with van der Waals surface area (Å²) in [6.45, 7) is 1.62. The molecule has 0 atom stereocenters. The molecule has 12 nitrogen and oxygen atoms in total. The fourth-order valence-corrected chi connectivity index (χ4v) is 5.06. The Morgan fingerprint density at radius 2 is 1.71 bits per heavy atom. The van der Waals surface area contributed by atoms with Crippen LogP contribution in [0.5, 0.6) is 5.75 Å². The predicted octanol–water partition coefficient (Wildman–Crippen LogP) is 3.73. The maximum absolute atomic E-state index is 15.6. The van der Waals surface area contributed by atoms with Gasteiger partial charge in [0.05, 0.1) is 37.8 Å². The van der Waals surface area contributed by atoms with E-state index in [9.17, 15) is 14.4 Å². The summed E-state index contributed by atoms with van der Waals surface area (Å²) in [6.07, 6.45) is 0. The lowest BCUT2D eigenvalue weighted by molar-refractivity contribution is 0.114. The Bertz CT molecular complexity index is 2000. The Kier molecular flexibility index (Phi) is 8.79. The third kappa shape index (κ3) is 5.92. The highest BCUT2D eigenvalue weighted by molar-refractivity contribution is 5.88. The van der Waals surface area contributed by atoms with Crippen LogP contribution in [0.4, 0.5) is 19.3 Å². The molecule has 0 radical (unpaired) electrons. The molecule has 0 fully saturated rings. The first-order valence-corrected chi connectivity index (χ1v) is 13.7. The monoisotopic (exact) mass is 619 g/mol. The van der Waals surface area contributed by atoms with Crippen molar-refractivity contribution in [3.63, 3.8) is 0 Å². The van der Waals surface area contributed by atoms with E-state index in [0.717, 1.165) is 4.57 Å². The van der Waals surface area contributed by atoms with E-state index < -0.39 is 28.9 Å². The van der Waals surface area contributed by atoms with E-state index >= 15 is 8.78 Å². The van der Waals surface area contributed by atoms with Crippen LogP contribution in [0.15, 0.2) is 70.3 Å². The molecule has 0 unspecified atom stereocenters. The number of aromatic nitrogens is 4. The minimum absolute atomic E-state index is 0.00858. The van der Waals surface area contributed by atoms with Crippen LogP contribution < -0.4 is 26.8 Å². The highest BCUT2D eigenvalue weighted by Gasteiger charge is 2.26. The SMILES string of the molecule is CONC(=O)Nc1ccc(-n2nc3c(c2CN(C)C)c(=O)n(-c2cccc(OC)c2F)c(=O)n3Cc2c(C)cccc2F)cc1. The Labute approximate surface area is 256 Å². The lowest BCUT2D eigenvalue weighted by Crippen LogP contribution is -2.40. The zero-order valence-electron chi connectivity index (χ0n) is 25.2. The van der Waals surface area contributed by atoms with Crippen molar-refractivity contribution in [1.82, 2.24) is 29.3 Å². The molecule has 3 aromatic carbocycles. The molecule has 2 N–H and O–H groups in total. The molecule has 0 aliphatic carbocycles. The highest BCUT2D eigenvalue weighted by atomic mass is 19.1. The third-order valence-electron chi connectivity index (χ3n) is 7.16. The molecule has 5 rings (SSSR count). The topological polar surface area (TPSA) is 125 Å². The van der Waals surface area contributed by atoms with Crippen LogP contribution in [0, 0.1) is 18.6 Å². The van der Waals surface area contributed by atoms with Gasteiger partial charge in [-0.3, -0.25) is 14.2 Å². The number of anilines is 1. The van der Waals surface area contributed by atoms with Crippen molar-refractivity contribution in [3.8, 4) is 17.1 Å². The normalized spacial score (nSPS) is 11.3. The van der Waals surface area contributed by atoms with Gasteiger partial charge in [0.2, 0.25) is 0 Å². The standard InChI is InChI=1S/C31H31F2N7O5/c1-18-8-6-9-22(32)21(18)16-38-28-26(29(41)39(31(38)43)23-10-7-11-25(44-4)27(23)33)24(17-37(2)3)40(35-28)20-14-12-19(13-15-20)34-30(42)36-45-5/h6-15H,16-17H2,1-5H3,(H2,34,36,42). The molecule has 14 heteroatoms. The first-order chi connectivity index (χ1) is 21.5. The Morgan fingerprint density at radius 1 is 1.00 bits per heavy atom. The quantitative estimate of drug-likeness (QED) is 0.241. The van der Waals surface area contributed by atoms with Gasteiger partial charge in [0.25, 0.3) is 5.56 Å². The van der Waals surface area contributed by atoms with E-state index in [1.165, 1.54) is 47.7 Å². The number of fused-ring (bicyclic) bond motifs is 1. The number of aryl methyl sites for hydroxylation is 1. The number of hydrogen-bond acceptors (Lipinski definition) is 7. The lowest BCUT2D eigenvalue weighted by Gasteiger charge is -2.15. The molecule has 45 heavy (non-hydrogen) atoms. The van der Waals surface area contributed by atoms with E-state index in [2.05, 4.69) is 15.6 Å². The van der Waals surface area contributed by atoms with Gasteiger partial charge in [-0.2, -0.15) is 0 Å². The van der Waals surface area contributed by atoms with Gasteiger partial charge in [0.1, 0.15) is 11.2 Å². The molecule has 0 saturated carbocycles. The molecule has 2 heterocycles. The summed E-state index contributed by atoms with van der Waals surface area (Å²) >= 11 is 0. The first-order valence-electron chi connectivity index (χ1n) is 13.7. The molecule has 0 aliphatic heterocycles. The minimum Gasteiger partial charge on any atom is -0.494 e. The Balaban J connectivity index is 1.83. The van der Waals surface area contributed by atoms with Crippen LogP contribution in [0.3, 0.4) is 0 Å². The molecule has 0 bridgehead atoms. The first kappa shape index (κ1) is 31.1. The van der Waals surface area contributed by atoms with Crippen molar-refractivity contribution in [2.75, 3.05) is 33.6 Å². The van der Waals surface area contributed by atoms with Gasteiger partial charge < -0.3 is 15.0 Å². The van der Waals surface area contributed by atoms with E-state index in [1.54, 1.807) is 57.4 Å². The second-order valence-corrected chi connectivity index (χ2v) is 10.4. The van der Waals surface area contributed by atoms with Crippen molar-refractivity contribution in [2.45, 2.75) is 20.0 Å². The van der Waals surface area contributed by atoms with E-state index in [0.29, 0.717) is 22.6 Å². The van der Waals surface area contributed by atoms with Crippen LogP contribution in [0.1, 0.15) is 16.8 Å². The fraction of sp³-hybridized carbons (Fsp3) is 0.226. The summed E-state index contributed by atoms with van der Waals surface area (Å²) in [5, 5.41) is 7.35. The van der Waals surface area contributed by atoms with Gasteiger partial charge in [-0.1, -0.05) is 18.2 Å². The van der Waals surface area contributed by atoms with Gasteiger partial charge in [-0.15, -0.1) is 5.10 Å². The molecular formula is C31H31F2N7O5. The Hall–Kier alpha value is -5.34. The number of hydroxylamine groups is 1. The van der Waals surface area contributed by atoms with Gasteiger partial charge >= 0.3 is 11.7 Å². The summed E-state index contributed by atoms with van der Waals surface area (Å²) in [5.74, 6) is -1.62. The second kappa shape index (κ2) is 12.7. The minimum atomic E-state index is -0.910. The van der Waals surface area contributed by atoms with Gasteiger partial charge in [0.15, 0.2) is 17.2 Å². The predicted molar refractivity (Wildman–Crippen MR) is 164 cm³/mol. The van der Waals surface area contributed by atoms with Gasteiger partial charge in [-0.05, 0) is 69.0 Å². The van der Waals surface area contributed by atoms with Crippen molar-refractivity contribution < 1.29 is 23.1 Å². The highest BCUT2D eigenvalue weighted by Crippen LogP contribution is 2.25. The van der Waals surface area contributed by atoms with E-state index in [4.69, 9.17) is 9.84 Å². The molecule has 2 amide bonds. The number of halogens is 2. The van der Waals surface area contributed by atoms with Crippen LogP contribution in [0.25, 0.3) is 22.4 Å². The summed E-state index contributed by atoms with van der Waals surface area (Å²) in [4.78, 5) is 46.7. The number of rotatable bonds is 9. The number of carbonyl (C=O) groups excluding carboxylic acids is 1. The average molecular weight is 620 g/mol. The maximum Gasteiger partial charge on any atom is 0.343 e. The maximum atomic E-state index is 15.6. The van der Waals surface area contributed by atoms with Crippen molar-refractivity contribution in [1.29, 1.82) is 0 Å². The van der Waals surface area contributed by atoms with Crippen LogP contribution in [-0.2, 0) is 17.9 Å². The zero-order valence-corrected chi connectivity index (χ0v) is 25.2. The third-order valence-corrected chi connectivity index (χ3v) is 7.16. The molecule has 5 aromatic rings. The smallest absolute Gasteiger partial charge is 0.343 e. The molecule has 0 spiro atoms. The lowest BCUT2D eigenvalue weighted by atomic mass is 10.1. The molecule has 0 saturated heterocycles. The number of nitrogens with one attached hydrogen (secondary N) is 2. The fourth-order valence-electron chi connectivity index (χ4n) is 5.06.